The molecule has 1 nitrogen and oxygen atoms in total. The van der Waals surface area contributed by atoms with E-state index in [2.05, 4.69) is 91.9 Å². The molecule has 134 valence electrons. The predicted octanol–water partition coefficient (Wildman–Crippen LogP) is 7.51. The van der Waals surface area contributed by atoms with Gasteiger partial charge < -0.3 is 0 Å². The van der Waals surface area contributed by atoms with Crippen LogP contribution in [-0.4, -0.2) is 4.98 Å². The van der Waals surface area contributed by atoms with Crippen LogP contribution in [0.3, 0.4) is 0 Å². The van der Waals surface area contributed by atoms with Gasteiger partial charge in [0, 0.05) is 26.9 Å². The van der Waals surface area contributed by atoms with Gasteiger partial charge in [0.25, 0.3) is 0 Å². The third kappa shape index (κ3) is 2.96. The fourth-order valence-electron chi connectivity index (χ4n) is 3.69. The lowest BCUT2D eigenvalue weighted by molar-refractivity contribution is 1.37. The molecule has 0 aliphatic carbocycles. The van der Waals surface area contributed by atoms with Gasteiger partial charge in [0.15, 0.2) is 0 Å². The largest absolute Gasteiger partial charge is 0.256 e. The average Bonchev–Trinajstić information content (AvgIpc) is 2.76. The Bertz CT molecular complexity index is 1220. The molecule has 0 amide bonds. The van der Waals surface area contributed by atoms with Gasteiger partial charge in [-0.2, -0.15) is 0 Å². The Kier molecular flexibility index (Phi) is 4.34. The van der Waals surface area contributed by atoms with Gasteiger partial charge >= 0.3 is 0 Å². The minimum atomic E-state index is 1.06. The minimum Gasteiger partial charge on any atom is -0.256 e. The van der Waals surface area contributed by atoms with E-state index in [0.717, 1.165) is 5.52 Å². The molecule has 0 fully saturated rings. The van der Waals surface area contributed by atoms with E-state index in [-0.39, 0.29) is 0 Å². The number of aromatic nitrogens is 1. The summed E-state index contributed by atoms with van der Waals surface area (Å²) in [7, 11) is 0. The van der Waals surface area contributed by atoms with Crippen molar-refractivity contribution in [2.45, 2.75) is 16.7 Å². The monoisotopic (exact) mass is 377 g/mol. The molecule has 0 aliphatic rings. The van der Waals surface area contributed by atoms with Crippen molar-refractivity contribution in [2.24, 2.45) is 0 Å². The molecular formula is C26H19NS. The standard InChI is InChI=1S/C26H19NS/c1-18-13-15-20(16-14-18)28-26-22-11-6-5-10-21(22)24(19-8-3-2-4-9-19)25-23(26)12-7-17-27-25/h2-17H,1H3. The molecule has 5 aromatic rings. The first-order valence-electron chi connectivity index (χ1n) is 9.40. The predicted molar refractivity (Wildman–Crippen MR) is 120 cm³/mol. The van der Waals surface area contributed by atoms with E-state index in [9.17, 15) is 0 Å². The Balaban J connectivity index is 1.85. The molecule has 0 unspecified atom stereocenters. The summed E-state index contributed by atoms with van der Waals surface area (Å²) in [5.74, 6) is 0. The van der Waals surface area contributed by atoms with E-state index in [1.54, 1.807) is 0 Å². The van der Waals surface area contributed by atoms with Crippen LogP contribution in [0, 0.1) is 6.92 Å². The molecule has 0 saturated heterocycles. The number of pyridine rings is 1. The molecule has 0 bridgehead atoms. The van der Waals surface area contributed by atoms with E-state index >= 15 is 0 Å². The highest BCUT2D eigenvalue weighted by atomic mass is 32.2. The van der Waals surface area contributed by atoms with Gasteiger partial charge in [0.2, 0.25) is 0 Å². The van der Waals surface area contributed by atoms with Crippen molar-refractivity contribution in [3.05, 3.63) is 103 Å². The third-order valence-corrected chi connectivity index (χ3v) is 6.19. The molecule has 5 rings (SSSR count). The van der Waals surface area contributed by atoms with Crippen LogP contribution in [0.4, 0.5) is 0 Å². The Morgan fingerprint density at radius 1 is 0.643 bits per heavy atom. The molecule has 0 atom stereocenters. The van der Waals surface area contributed by atoms with E-state index in [1.165, 1.54) is 42.6 Å². The van der Waals surface area contributed by atoms with E-state index < -0.39 is 0 Å². The van der Waals surface area contributed by atoms with Gasteiger partial charge in [-0.3, -0.25) is 4.98 Å². The quantitative estimate of drug-likeness (QED) is 0.302. The maximum absolute atomic E-state index is 4.81. The summed E-state index contributed by atoms with van der Waals surface area (Å²) in [6.07, 6.45) is 1.89. The second-order valence-corrected chi connectivity index (χ2v) is 8.01. The van der Waals surface area contributed by atoms with E-state index in [0.29, 0.717) is 0 Å². The molecule has 0 N–H and O–H groups in total. The molecule has 1 heterocycles. The number of rotatable bonds is 3. The summed E-state index contributed by atoms with van der Waals surface area (Å²) >= 11 is 1.82. The first kappa shape index (κ1) is 17.0. The lowest BCUT2D eigenvalue weighted by Gasteiger charge is -2.16. The smallest absolute Gasteiger partial charge is 0.0798 e. The molecule has 4 aromatic carbocycles. The van der Waals surface area contributed by atoms with Crippen molar-refractivity contribution < 1.29 is 0 Å². The normalized spacial score (nSPS) is 11.2. The number of hydrogen-bond donors (Lipinski definition) is 0. The van der Waals surface area contributed by atoms with Crippen molar-refractivity contribution in [1.29, 1.82) is 0 Å². The van der Waals surface area contributed by atoms with Crippen molar-refractivity contribution >= 4 is 33.4 Å². The lowest BCUT2D eigenvalue weighted by Crippen LogP contribution is -1.91. The minimum absolute atomic E-state index is 1.06. The maximum atomic E-state index is 4.81. The fourth-order valence-corrected chi connectivity index (χ4v) is 4.76. The topological polar surface area (TPSA) is 12.9 Å². The second kappa shape index (κ2) is 7.14. The Hall–Kier alpha value is -3.10. The van der Waals surface area contributed by atoms with Crippen LogP contribution in [0.1, 0.15) is 5.56 Å². The van der Waals surface area contributed by atoms with Crippen LogP contribution in [0.5, 0.6) is 0 Å². The number of aryl methyl sites for hydroxylation is 1. The van der Waals surface area contributed by atoms with Crippen molar-refractivity contribution in [1.82, 2.24) is 4.98 Å². The summed E-state index contributed by atoms with van der Waals surface area (Å²) in [6.45, 7) is 2.12. The Labute approximate surface area is 169 Å². The van der Waals surface area contributed by atoms with Gasteiger partial charge in [0.1, 0.15) is 0 Å². The first-order valence-corrected chi connectivity index (χ1v) is 10.2. The summed E-state index contributed by atoms with van der Waals surface area (Å²) in [5.41, 5.74) is 4.75. The number of benzene rings is 4. The van der Waals surface area contributed by atoms with Gasteiger partial charge in [-0.25, -0.2) is 0 Å². The highest BCUT2D eigenvalue weighted by molar-refractivity contribution is 7.99. The molecule has 28 heavy (non-hydrogen) atoms. The van der Waals surface area contributed by atoms with Crippen molar-refractivity contribution in [2.75, 3.05) is 0 Å². The number of nitrogens with zero attached hydrogens (tertiary/aromatic N) is 1. The lowest BCUT2D eigenvalue weighted by atomic mass is 9.95. The summed E-state index contributed by atoms with van der Waals surface area (Å²) in [5, 5.41) is 3.72. The SMILES string of the molecule is Cc1ccc(Sc2c3ccccc3c(-c3ccccc3)c3ncccc23)cc1. The van der Waals surface area contributed by atoms with E-state index in [1.807, 2.05) is 24.0 Å². The summed E-state index contributed by atoms with van der Waals surface area (Å²) in [4.78, 5) is 7.32. The number of fused-ring (bicyclic) bond motifs is 2. The fraction of sp³-hybridized carbons (Fsp3) is 0.0385. The zero-order valence-electron chi connectivity index (χ0n) is 15.6. The van der Waals surface area contributed by atoms with E-state index in [4.69, 9.17) is 4.98 Å². The van der Waals surface area contributed by atoms with Crippen molar-refractivity contribution in [3.8, 4) is 11.1 Å². The molecule has 0 aliphatic heterocycles. The second-order valence-electron chi connectivity index (χ2n) is 6.93. The van der Waals surface area contributed by atoms with Crippen LogP contribution >= 0.6 is 11.8 Å². The van der Waals surface area contributed by atoms with Crippen LogP contribution < -0.4 is 0 Å². The first-order chi connectivity index (χ1) is 13.8. The zero-order chi connectivity index (χ0) is 18.9. The summed E-state index contributed by atoms with van der Waals surface area (Å²) < 4.78 is 0. The van der Waals surface area contributed by atoms with Gasteiger partial charge in [0.05, 0.1) is 5.52 Å². The van der Waals surface area contributed by atoms with Crippen LogP contribution in [0.25, 0.3) is 32.8 Å². The average molecular weight is 378 g/mol. The molecule has 2 heteroatoms. The number of hydrogen-bond acceptors (Lipinski definition) is 2. The molecule has 0 saturated carbocycles. The molecule has 0 spiro atoms. The van der Waals surface area contributed by atoms with Gasteiger partial charge in [-0.15, -0.1) is 0 Å². The van der Waals surface area contributed by atoms with Gasteiger partial charge in [-0.1, -0.05) is 90.1 Å². The van der Waals surface area contributed by atoms with Crippen LogP contribution in [-0.2, 0) is 0 Å². The molecule has 1 aromatic heterocycles. The van der Waals surface area contributed by atoms with Crippen LogP contribution in [0.2, 0.25) is 0 Å². The summed E-state index contributed by atoms with van der Waals surface area (Å²) in [6, 6.07) is 32.2. The van der Waals surface area contributed by atoms with Crippen LogP contribution in [0.15, 0.2) is 107 Å². The Morgan fingerprint density at radius 2 is 1.32 bits per heavy atom. The Morgan fingerprint density at radius 3 is 2.11 bits per heavy atom. The molecule has 0 radical (unpaired) electrons. The zero-order valence-corrected chi connectivity index (χ0v) is 16.4. The highest BCUT2D eigenvalue weighted by Crippen LogP contribution is 2.44. The van der Waals surface area contributed by atoms with Gasteiger partial charge in [-0.05, 0) is 41.5 Å². The maximum Gasteiger partial charge on any atom is 0.0798 e. The van der Waals surface area contributed by atoms with Crippen molar-refractivity contribution in [3.63, 3.8) is 0 Å². The third-order valence-electron chi connectivity index (χ3n) is 5.03. The highest BCUT2D eigenvalue weighted by Gasteiger charge is 2.16. The molecular weight excluding hydrogens is 358 g/mol.